The number of amides is 1. The van der Waals surface area contributed by atoms with Crippen LogP contribution in [0.1, 0.15) is 21.6 Å². The number of pyridine rings is 1. The summed E-state index contributed by atoms with van der Waals surface area (Å²) in [6.45, 7) is 1.46. The molecule has 0 atom stereocenters. The molecule has 0 saturated carbocycles. The Balaban J connectivity index is 1.94. The van der Waals surface area contributed by atoms with E-state index < -0.39 is 11.7 Å². The van der Waals surface area contributed by atoms with E-state index in [1.165, 1.54) is 31.5 Å². The van der Waals surface area contributed by atoms with E-state index in [1.54, 1.807) is 43.3 Å². The van der Waals surface area contributed by atoms with E-state index in [2.05, 4.69) is 15.3 Å². The minimum Gasteiger partial charge on any atom is -0.497 e. The molecule has 0 radical (unpaired) electrons. The standard InChI is InChI=1S/C24H20FN3O4/c1-14-22-18(15(13-29)12-26-14)11-19(23(30)28-21-9-4-3-8-20(21)25)24(32-22)27-16-6-5-7-17(10-16)31-2/h3-12,29H,13H2,1-2H3,(H,28,30). The Morgan fingerprint density at radius 2 is 2.03 bits per heavy atom. The second-order valence-corrected chi connectivity index (χ2v) is 6.98. The predicted molar refractivity (Wildman–Crippen MR) is 117 cm³/mol. The highest BCUT2D eigenvalue weighted by Crippen LogP contribution is 2.23. The second-order valence-electron chi connectivity index (χ2n) is 6.98. The molecule has 1 amide bonds. The molecule has 2 heterocycles. The normalized spacial score (nSPS) is 11.6. The predicted octanol–water partition coefficient (Wildman–Crippen LogP) is 4.26. The van der Waals surface area contributed by atoms with Crippen LogP contribution in [0.25, 0.3) is 11.0 Å². The van der Waals surface area contributed by atoms with E-state index in [9.17, 15) is 14.3 Å². The number of aliphatic hydroxyl groups is 1. The van der Waals surface area contributed by atoms with Gasteiger partial charge < -0.3 is 19.6 Å². The van der Waals surface area contributed by atoms with Gasteiger partial charge in [-0.2, -0.15) is 0 Å². The Hall–Kier alpha value is -4.04. The summed E-state index contributed by atoms with van der Waals surface area (Å²) in [6.07, 6.45) is 1.52. The van der Waals surface area contributed by atoms with Gasteiger partial charge in [0.25, 0.3) is 5.91 Å². The molecule has 8 heteroatoms. The highest BCUT2D eigenvalue weighted by Gasteiger charge is 2.17. The number of benzene rings is 2. The third kappa shape index (κ3) is 4.21. The van der Waals surface area contributed by atoms with E-state index in [-0.39, 0.29) is 23.4 Å². The van der Waals surface area contributed by atoms with Crippen LogP contribution in [-0.4, -0.2) is 23.1 Å². The number of carbonyl (C=O) groups is 1. The van der Waals surface area contributed by atoms with Gasteiger partial charge in [0, 0.05) is 23.2 Å². The van der Waals surface area contributed by atoms with Gasteiger partial charge in [0.05, 0.1) is 30.8 Å². The first kappa shape index (κ1) is 21.2. The Labute approximate surface area is 182 Å². The lowest BCUT2D eigenvalue weighted by Gasteiger charge is -2.10. The number of hydrogen-bond donors (Lipinski definition) is 2. The number of aryl methyl sites for hydroxylation is 1. The van der Waals surface area contributed by atoms with Crippen LogP contribution in [0.3, 0.4) is 0 Å². The third-order valence-electron chi connectivity index (χ3n) is 4.87. The Morgan fingerprint density at radius 1 is 1.22 bits per heavy atom. The Kier molecular flexibility index (Phi) is 5.96. The van der Waals surface area contributed by atoms with Crippen molar-refractivity contribution in [3.8, 4) is 5.75 Å². The summed E-state index contributed by atoms with van der Waals surface area (Å²) in [5.41, 5.74) is 2.06. The number of carbonyl (C=O) groups excluding carboxylic acids is 1. The number of rotatable bonds is 5. The number of para-hydroxylation sites is 1. The monoisotopic (exact) mass is 433 g/mol. The lowest BCUT2D eigenvalue weighted by molar-refractivity contribution is 0.102. The van der Waals surface area contributed by atoms with Crippen molar-refractivity contribution >= 4 is 28.3 Å². The summed E-state index contributed by atoms with van der Waals surface area (Å²) in [4.78, 5) is 21.9. The van der Waals surface area contributed by atoms with Crippen molar-refractivity contribution in [2.24, 2.45) is 4.99 Å². The van der Waals surface area contributed by atoms with E-state index >= 15 is 0 Å². The number of aromatic nitrogens is 1. The topological polar surface area (TPSA) is 97.0 Å². The first-order chi connectivity index (χ1) is 15.5. The van der Waals surface area contributed by atoms with Crippen LogP contribution in [0.2, 0.25) is 0 Å². The first-order valence-electron chi connectivity index (χ1n) is 9.78. The first-order valence-corrected chi connectivity index (χ1v) is 9.78. The smallest absolute Gasteiger partial charge is 0.261 e. The molecule has 2 aromatic carbocycles. The van der Waals surface area contributed by atoms with E-state index in [0.717, 1.165) is 0 Å². The highest BCUT2D eigenvalue weighted by molar-refractivity contribution is 6.05. The van der Waals surface area contributed by atoms with Gasteiger partial charge in [-0.25, -0.2) is 9.38 Å². The SMILES string of the molecule is COc1cccc(N=c2oc3c(C)ncc(CO)c3cc2C(=O)Nc2ccccc2F)c1. The molecule has 0 spiro atoms. The molecule has 32 heavy (non-hydrogen) atoms. The van der Waals surface area contributed by atoms with Crippen molar-refractivity contribution in [2.45, 2.75) is 13.5 Å². The lowest BCUT2D eigenvalue weighted by Crippen LogP contribution is -2.22. The molecule has 0 fully saturated rings. The van der Waals surface area contributed by atoms with Crippen molar-refractivity contribution in [1.82, 2.24) is 4.98 Å². The fourth-order valence-corrected chi connectivity index (χ4v) is 3.21. The number of anilines is 1. The number of fused-ring (bicyclic) bond motifs is 1. The largest absolute Gasteiger partial charge is 0.497 e. The number of aliphatic hydroxyl groups excluding tert-OH is 1. The van der Waals surface area contributed by atoms with Crippen molar-refractivity contribution < 1.29 is 23.4 Å². The van der Waals surface area contributed by atoms with Crippen LogP contribution in [-0.2, 0) is 6.61 Å². The molecule has 0 unspecified atom stereocenters. The van der Waals surface area contributed by atoms with Gasteiger partial charge in [-0.15, -0.1) is 0 Å². The molecule has 2 aromatic heterocycles. The molecule has 0 bridgehead atoms. The molecule has 4 aromatic rings. The summed E-state index contributed by atoms with van der Waals surface area (Å²) < 4.78 is 25.3. The number of ether oxygens (including phenoxy) is 1. The maximum absolute atomic E-state index is 14.1. The summed E-state index contributed by atoms with van der Waals surface area (Å²) in [5.74, 6) is -0.591. The number of nitrogens with one attached hydrogen (secondary N) is 1. The zero-order chi connectivity index (χ0) is 22.7. The van der Waals surface area contributed by atoms with E-state index in [4.69, 9.17) is 9.15 Å². The van der Waals surface area contributed by atoms with Gasteiger partial charge in [-0.1, -0.05) is 18.2 Å². The fraction of sp³-hybridized carbons (Fsp3) is 0.125. The van der Waals surface area contributed by atoms with Gasteiger partial charge in [0.15, 0.2) is 5.58 Å². The molecular formula is C24H20FN3O4. The van der Waals surface area contributed by atoms with Gasteiger partial charge in [0.1, 0.15) is 17.1 Å². The number of nitrogens with zero attached hydrogens (tertiary/aromatic N) is 2. The second kappa shape index (κ2) is 8.99. The minimum atomic E-state index is -0.610. The average Bonchev–Trinajstić information content (AvgIpc) is 2.81. The molecular weight excluding hydrogens is 413 g/mol. The summed E-state index contributed by atoms with van der Waals surface area (Å²) in [5, 5.41) is 12.8. The lowest BCUT2D eigenvalue weighted by atomic mass is 10.1. The minimum absolute atomic E-state index is 0.0135. The van der Waals surface area contributed by atoms with Crippen LogP contribution in [0.5, 0.6) is 5.75 Å². The number of methoxy groups -OCH3 is 1. The number of halogens is 1. The maximum atomic E-state index is 14.1. The summed E-state index contributed by atoms with van der Waals surface area (Å²) in [6, 6.07) is 14.4. The molecule has 0 aliphatic carbocycles. The molecule has 0 aliphatic heterocycles. The molecule has 0 saturated heterocycles. The Bertz CT molecular complexity index is 1380. The van der Waals surface area contributed by atoms with Crippen LogP contribution in [0, 0.1) is 12.7 Å². The van der Waals surface area contributed by atoms with Crippen LogP contribution < -0.4 is 15.6 Å². The van der Waals surface area contributed by atoms with E-state index in [1.807, 2.05) is 0 Å². The van der Waals surface area contributed by atoms with Crippen molar-refractivity contribution in [3.63, 3.8) is 0 Å². The third-order valence-corrected chi connectivity index (χ3v) is 4.87. The molecule has 2 N–H and O–H groups in total. The molecule has 7 nitrogen and oxygen atoms in total. The zero-order valence-electron chi connectivity index (χ0n) is 17.4. The summed E-state index contributed by atoms with van der Waals surface area (Å²) in [7, 11) is 1.54. The van der Waals surface area contributed by atoms with Gasteiger partial charge in [-0.05, 0) is 37.3 Å². The fourth-order valence-electron chi connectivity index (χ4n) is 3.21. The van der Waals surface area contributed by atoms with Gasteiger partial charge in [-0.3, -0.25) is 9.78 Å². The van der Waals surface area contributed by atoms with Gasteiger partial charge >= 0.3 is 0 Å². The van der Waals surface area contributed by atoms with Gasteiger partial charge in [0.2, 0.25) is 5.55 Å². The van der Waals surface area contributed by atoms with Crippen molar-refractivity contribution in [2.75, 3.05) is 12.4 Å². The number of hydrogen-bond acceptors (Lipinski definition) is 6. The quantitative estimate of drug-likeness (QED) is 0.490. The van der Waals surface area contributed by atoms with E-state index in [0.29, 0.717) is 33.7 Å². The summed E-state index contributed by atoms with van der Waals surface area (Å²) >= 11 is 0. The Morgan fingerprint density at radius 3 is 2.78 bits per heavy atom. The van der Waals surface area contributed by atoms with Crippen LogP contribution in [0.4, 0.5) is 15.8 Å². The molecule has 0 aliphatic rings. The molecule has 4 rings (SSSR count). The zero-order valence-corrected chi connectivity index (χ0v) is 17.4. The highest BCUT2D eigenvalue weighted by atomic mass is 19.1. The van der Waals surface area contributed by atoms with Crippen molar-refractivity contribution in [1.29, 1.82) is 0 Å². The molecule has 162 valence electrons. The van der Waals surface area contributed by atoms with Crippen LogP contribution >= 0.6 is 0 Å². The van der Waals surface area contributed by atoms with Crippen molar-refractivity contribution in [3.05, 3.63) is 89.0 Å². The maximum Gasteiger partial charge on any atom is 0.261 e. The van der Waals surface area contributed by atoms with Crippen LogP contribution in [0.15, 0.2) is 70.2 Å². The average molecular weight is 433 g/mol.